The second-order valence-corrected chi connectivity index (χ2v) is 16.8. The van der Waals surface area contributed by atoms with Crippen LogP contribution in [-0.2, 0) is 12.8 Å². The van der Waals surface area contributed by atoms with Gasteiger partial charge in [-0.3, -0.25) is 14.9 Å². The van der Waals surface area contributed by atoms with Gasteiger partial charge in [0.05, 0.1) is 0 Å². The lowest BCUT2D eigenvalue weighted by Gasteiger charge is -2.62. The van der Waals surface area contributed by atoms with E-state index in [2.05, 4.69) is 73.8 Å². The molecule has 2 heterocycles. The van der Waals surface area contributed by atoms with E-state index in [-0.39, 0.29) is 0 Å². The van der Waals surface area contributed by atoms with Crippen LogP contribution in [0.4, 0.5) is 0 Å². The summed E-state index contributed by atoms with van der Waals surface area (Å²) in [5.74, 6) is 6.56. The Hall–Kier alpha value is -1.74. The van der Waals surface area contributed by atoms with Crippen LogP contribution < -0.4 is 0 Å². The van der Waals surface area contributed by atoms with Gasteiger partial charge in [-0.05, 0) is 134 Å². The van der Waals surface area contributed by atoms with Crippen molar-refractivity contribution >= 4 is 0 Å². The number of fused-ring (bicyclic) bond motifs is 5. The molecule has 3 heteroatoms. The van der Waals surface area contributed by atoms with Crippen molar-refractivity contribution in [1.29, 1.82) is 0 Å². The van der Waals surface area contributed by atoms with Gasteiger partial charge in [0.15, 0.2) is 0 Å². The van der Waals surface area contributed by atoms with Crippen LogP contribution in [0.1, 0.15) is 123 Å². The molecule has 4 aliphatic carbocycles. The molecule has 44 heavy (non-hydrogen) atoms. The molecule has 9 atom stereocenters. The third kappa shape index (κ3) is 6.70. The molecule has 4 fully saturated rings. The maximum absolute atomic E-state index is 4.67. The maximum atomic E-state index is 4.67. The molecular weight excluding hydrogens is 534 g/mol. The first kappa shape index (κ1) is 32.2. The molecule has 0 unspecified atom stereocenters. The van der Waals surface area contributed by atoms with Crippen molar-refractivity contribution in [2.24, 2.45) is 52.3 Å². The lowest BCUT2D eigenvalue weighted by molar-refractivity contribution is -0.124. The Morgan fingerprint density at radius 1 is 0.750 bits per heavy atom. The Bertz CT molecular complexity index is 1120. The monoisotopic (exact) mass is 598 g/mol. The summed E-state index contributed by atoms with van der Waals surface area (Å²) in [6.45, 7) is 15.2. The van der Waals surface area contributed by atoms with Gasteiger partial charge in [-0.25, -0.2) is 0 Å². The van der Waals surface area contributed by atoms with Gasteiger partial charge in [-0.2, -0.15) is 0 Å². The first-order valence-electron chi connectivity index (χ1n) is 18.8. The largest absolute Gasteiger partial charge is 0.300 e. The van der Waals surface area contributed by atoms with E-state index in [0.717, 1.165) is 67.4 Å². The summed E-state index contributed by atoms with van der Waals surface area (Å²) in [5, 5.41) is 0. The fourth-order valence-corrected chi connectivity index (χ4v) is 11.7. The lowest BCUT2D eigenvalue weighted by Crippen LogP contribution is -2.55. The SMILES string of the molecule is CC(C)CCC[C@@H](C)[C@H]1CC[C@H]2[C@@H]3CC[C@H]4C[C@@H](N(CCc5ccccn5)CCc5ccccn5)CC[C@]4(C)[C@H]3CC[C@]12C. The van der Waals surface area contributed by atoms with E-state index in [1.807, 2.05) is 24.5 Å². The van der Waals surface area contributed by atoms with E-state index in [1.54, 1.807) is 0 Å². The van der Waals surface area contributed by atoms with Crippen LogP contribution in [0.15, 0.2) is 48.8 Å². The van der Waals surface area contributed by atoms with E-state index < -0.39 is 0 Å². The van der Waals surface area contributed by atoms with E-state index in [4.69, 9.17) is 0 Å². The van der Waals surface area contributed by atoms with Crippen molar-refractivity contribution < 1.29 is 0 Å². The molecule has 4 saturated carbocycles. The number of rotatable bonds is 12. The van der Waals surface area contributed by atoms with Crippen molar-refractivity contribution in [2.45, 2.75) is 131 Å². The molecule has 0 aliphatic heterocycles. The number of nitrogens with zero attached hydrogens (tertiary/aromatic N) is 3. The third-order valence-electron chi connectivity index (χ3n) is 14.1. The summed E-state index contributed by atoms with van der Waals surface area (Å²) in [6.07, 6.45) is 23.5. The molecule has 0 saturated heterocycles. The van der Waals surface area contributed by atoms with E-state index in [9.17, 15) is 0 Å². The summed E-state index contributed by atoms with van der Waals surface area (Å²) < 4.78 is 0. The summed E-state index contributed by atoms with van der Waals surface area (Å²) in [7, 11) is 0. The van der Waals surface area contributed by atoms with Crippen LogP contribution >= 0.6 is 0 Å². The molecule has 4 aliphatic rings. The van der Waals surface area contributed by atoms with E-state index in [0.29, 0.717) is 16.9 Å². The molecule has 0 N–H and O–H groups in total. The zero-order valence-electron chi connectivity index (χ0n) is 28.9. The molecule has 0 spiro atoms. The Morgan fingerprint density at radius 3 is 2.05 bits per heavy atom. The molecule has 2 aromatic rings. The topological polar surface area (TPSA) is 29.0 Å². The summed E-state index contributed by atoms with van der Waals surface area (Å²) >= 11 is 0. The lowest BCUT2D eigenvalue weighted by atomic mass is 9.44. The van der Waals surface area contributed by atoms with Gasteiger partial charge in [0.2, 0.25) is 0 Å². The molecule has 0 bridgehead atoms. The maximum Gasteiger partial charge on any atom is 0.0416 e. The Balaban J connectivity index is 1.11. The minimum Gasteiger partial charge on any atom is -0.300 e. The summed E-state index contributed by atoms with van der Waals surface area (Å²) in [5.41, 5.74) is 3.61. The van der Waals surface area contributed by atoms with E-state index in [1.165, 1.54) is 88.4 Å². The highest BCUT2D eigenvalue weighted by molar-refractivity contribution is 5.11. The van der Waals surface area contributed by atoms with Crippen LogP contribution in [0.3, 0.4) is 0 Å². The fraction of sp³-hybridized carbons (Fsp3) is 0.756. The third-order valence-corrected chi connectivity index (χ3v) is 14.1. The molecule has 3 nitrogen and oxygen atoms in total. The smallest absolute Gasteiger partial charge is 0.0416 e. The van der Waals surface area contributed by atoms with Gasteiger partial charge in [-0.1, -0.05) is 66.0 Å². The number of hydrogen-bond acceptors (Lipinski definition) is 3. The normalized spacial score (nSPS) is 35.7. The molecule has 2 aromatic heterocycles. The molecule has 6 rings (SSSR count). The zero-order chi connectivity index (χ0) is 30.7. The quantitative estimate of drug-likeness (QED) is 0.244. The number of hydrogen-bond donors (Lipinski definition) is 0. The van der Waals surface area contributed by atoms with Gasteiger partial charge in [0.1, 0.15) is 0 Å². The highest BCUT2D eigenvalue weighted by Gasteiger charge is 2.60. The predicted octanol–water partition coefficient (Wildman–Crippen LogP) is 10.1. The van der Waals surface area contributed by atoms with Crippen LogP contribution in [0.25, 0.3) is 0 Å². The Morgan fingerprint density at radius 2 is 1.41 bits per heavy atom. The van der Waals surface area contributed by atoms with Crippen LogP contribution in [0, 0.1) is 52.3 Å². The molecule has 0 aromatic carbocycles. The number of aromatic nitrogens is 2. The van der Waals surface area contributed by atoms with Crippen molar-refractivity contribution in [3.05, 3.63) is 60.2 Å². The van der Waals surface area contributed by atoms with Gasteiger partial charge in [-0.15, -0.1) is 0 Å². The summed E-state index contributed by atoms with van der Waals surface area (Å²) in [4.78, 5) is 12.2. The second kappa shape index (κ2) is 13.9. The van der Waals surface area contributed by atoms with Crippen molar-refractivity contribution in [3.63, 3.8) is 0 Å². The average molecular weight is 598 g/mol. The molecule has 0 amide bonds. The summed E-state index contributed by atoms with van der Waals surface area (Å²) in [6, 6.07) is 13.5. The first-order valence-corrected chi connectivity index (χ1v) is 18.8. The number of pyridine rings is 2. The molecule has 242 valence electrons. The average Bonchev–Trinajstić information content (AvgIpc) is 3.39. The Kier molecular flexibility index (Phi) is 10.2. The van der Waals surface area contributed by atoms with Gasteiger partial charge in [0, 0.05) is 55.8 Å². The van der Waals surface area contributed by atoms with Crippen LogP contribution in [0.2, 0.25) is 0 Å². The fourth-order valence-electron chi connectivity index (χ4n) is 11.7. The van der Waals surface area contributed by atoms with Crippen LogP contribution in [-0.4, -0.2) is 34.0 Å². The van der Waals surface area contributed by atoms with Gasteiger partial charge < -0.3 is 0 Å². The zero-order valence-corrected chi connectivity index (χ0v) is 28.9. The standard InChI is InChI=1S/C41H63N3/c1-30(2)11-10-12-31(3)37-17-18-38-36-16-15-32-29-35(19-23-40(32,4)39(36)20-24-41(37,38)5)44(27-21-33-13-6-8-25-42-33)28-22-34-14-7-9-26-43-34/h6-9,13-14,25-26,30-32,35-39H,10-12,15-24,27-29H2,1-5H3/t31-,32+,35+,36+,37-,38+,39+,40+,41-/m1/s1. The molecule has 0 radical (unpaired) electrons. The minimum absolute atomic E-state index is 0.551. The second-order valence-electron chi connectivity index (χ2n) is 16.8. The van der Waals surface area contributed by atoms with Gasteiger partial charge in [0.25, 0.3) is 0 Å². The highest BCUT2D eigenvalue weighted by Crippen LogP contribution is 2.68. The predicted molar refractivity (Wildman–Crippen MR) is 184 cm³/mol. The van der Waals surface area contributed by atoms with E-state index >= 15 is 0 Å². The van der Waals surface area contributed by atoms with Crippen LogP contribution in [0.5, 0.6) is 0 Å². The Labute approximate surface area is 270 Å². The van der Waals surface area contributed by atoms with Gasteiger partial charge >= 0.3 is 0 Å². The minimum atomic E-state index is 0.551. The van der Waals surface area contributed by atoms with Crippen molar-refractivity contribution in [2.75, 3.05) is 13.1 Å². The van der Waals surface area contributed by atoms with Crippen molar-refractivity contribution in [1.82, 2.24) is 14.9 Å². The first-order chi connectivity index (χ1) is 21.3. The van der Waals surface area contributed by atoms with Crippen molar-refractivity contribution in [3.8, 4) is 0 Å². The highest BCUT2D eigenvalue weighted by atomic mass is 15.2. The molecular formula is C41H63N3.